The molecule has 11 heteroatoms. The first-order valence-electron chi connectivity index (χ1n) is 12.7. The van der Waals surface area contributed by atoms with E-state index in [9.17, 15) is 14.4 Å². The molecule has 0 saturated carbocycles. The fourth-order valence-electron chi connectivity index (χ4n) is 3.50. The molecule has 0 aliphatic carbocycles. The summed E-state index contributed by atoms with van der Waals surface area (Å²) in [5, 5.41) is 14.8. The van der Waals surface area contributed by atoms with Crippen LogP contribution in [-0.4, -0.2) is 86.4 Å². The molecule has 0 aromatic heterocycles. The number of nitrogens with zero attached hydrogens (tertiary/aromatic N) is 1. The second kappa shape index (κ2) is 22.8. The van der Waals surface area contributed by atoms with Crippen molar-refractivity contribution in [3.63, 3.8) is 0 Å². The molecule has 0 bridgehead atoms. The van der Waals surface area contributed by atoms with Crippen molar-refractivity contribution in [3.8, 4) is 0 Å². The zero-order chi connectivity index (χ0) is 25.4. The molecule has 0 aromatic rings. The molecule has 0 fully saturated rings. The van der Waals surface area contributed by atoms with Gasteiger partial charge in [0, 0.05) is 6.54 Å². The number of unbranched alkanes of at least 4 members (excludes halogenated alkanes) is 7. The molecule has 9 N–H and O–H groups in total. The molecule has 0 radical (unpaired) electrons. The summed E-state index contributed by atoms with van der Waals surface area (Å²) in [6, 6.07) is -0.457. The lowest BCUT2D eigenvalue weighted by molar-refractivity contribution is -0.135. The number of nitrogens with two attached hydrogens (primary N) is 3. The van der Waals surface area contributed by atoms with Gasteiger partial charge in [0.15, 0.2) is 0 Å². The Morgan fingerprint density at radius 1 is 0.824 bits per heavy atom. The van der Waals surface area contributed by atoms with Crippen LogP contribution < -0.4 is 27.8 Å². The predicted octanol–water partition coefficient (Wildman–Crippen LogP) is 0.751. The Bertz CT molecular complexity index is 538. The molecule has 0 aromatic carbocycles. The fraction of sp³-hybridized carbons (Fsp3) is 0.870. The molecule has 1 atom stereocenters. The van der Waals surface area contributed by atoms with Gasteiger partial charge in [0.2, 0.25) is 11.8 Å². The molecule has 0 heterocycles. The predicted molar refractivity (Wildman–Crippen MR) is 133 cm³/mol. The second-order valence-corrected chi connectivity index (χ2v) is 8.52. The Balaban J connectivity index is 4.64. The van der Waals surface area contributed by atoms with Crippen LogP contribution in [0.3, 0.4) is 0 Å². The van der Waals surface area contributed by atoms with Crippen molar-refractivity contribution >= 4 is 18.0 Å². The van der Waals surface area contributed by atoms with E-state index in [-0.39, 0.29) is 31.5 Å². The molecule has 0 aliphatic rings. The van der Waals surface area contributed by atoms with Crippen LogP contribution in [0.4, 0.5) is 4.79 Å². The lowest BCUT2D eigenvalue weighted by Crippen LogP contribution is -2.48. The van der Waals surface area contributed by atoms with Crippen molar-refractivity contribution < 1.29 is 24.2 Å². The highest BCUT2D eigenvalue weighted by Crippen LogP contribution is 2.04. The third-order valence-corrected chi connectivity index (χ3v) is 5.43. The van der Waals surface area contributed by atoms with E-state index in [1.165, 1.54) is 0 Å². The first-order chi connectivity index (χ1) is 16.4. The molecule has 0 unspecified atom stereocenters. The van der Waals surface area contributed by atoms with Crippen LogP contribution >= 0.6 is 0 Å². The number of carbonyl (C=O) groups excluding carboxylic acids is 2. The zero-order valence-corrected chi connectivity index (χ0v) is 20.8. The van der Waals surface area contributed by atoms with Crippen molar-refractivity contribution in [2.75, 3.05) is 52.4 Å². The van der Waals surface area contributed by atoms with Crippen LogP contribution in [0.2, 0.25) is 0 Å². The number of nitrogens with one attached hydrogen (secondary N) is 2. The van der Waals surface area contributed by atoms with Gasteiger partial charge in [-0.2, -0.15) is 0 Å². The Morgan fingerprint density at radius 3 is 2.06 bits per heavy atom. The van der Waals surface area contributed by atoms with Gasteiger partial charge in [-0.25, -0.2) is 4.79 Å². The van der Waals surface area contributed by atoms with E-state index in [1.807, 2.05) is 0 Å². The zero-order valence-electron chi connectivity index (χ0n) is 20.8. The summed E-state index contributed by atoms with van der Waals surface area (Å²) < 4.78 is 4.65. The van der Waals surface area contributed by atoms with Crippen molar-refractivity contribution in [3.05, 3.63) is 0 Å². The maximum atomic E-state index is 12.8. The van der Waals surface area contributed by atoms with E-state index in [0.717, 1.165) is 77.3 Å². The van der Waals surface area contributed by atoms with Gasteiger partial charge >= 0.3 is 6.16 Å². The fourth-order valence-corrected chi connectivity index (χ4v) is 3.50. The first-order valence-corrected chi connectivity index (χ1v) is 12.7. The number of ether oxygens (including phenoxy) is 1. The Kier molecular flexibility index (Phi) is 21.5. The maximum absolute atomic E-state index is 12.8. The first kappa shape index (κ1) is 32.0. The molecule has 34 heavy (non-hydrogen) atoms. The SMILES string of the molecule is NCCCCCCCNCC(=O)N(CCCCCN)CC(=O)N[C@H](CCCCN)COC(=O)O. The number of hydrogen-bond acceptors (Lipinski definition) is 8. The van der Waals surface area contributed by atoms with Gasteiger partial charge in [-0.3, -0.25) is 9.59 Å². The van der Waals surface area contributed by atoms with Crippen molar-refractivity contribution in [2.24, 2.45) is 17.2 Å². The maximum Gasteiger partial charge on any atom is 0.505 e. The standard InChI is InChI=1S/C23H48N6O5/c24-12-6-2-1-3-9-15-27-17-22(31)29(16-10-4-7-13-25)18-21(30)28-20(11-5-8-14-26)19-34-23(32)33/h20,27H,1-19,24-26H2,(H,28,30)(H,32,33)/t20-/m1/s1. The summed E-state index contributed by atoms with van der Waals surface area (Å²) in [4.78, 5) is 37.7. The minimum atomic E-state index is -1.39. The van der Waals surface area contributed by atoms with Gasteiger partial charge in [-0.05, 0) is 64.7 Å². The molecule has 2 amide bonds. The topological polar surface area (TPSA) is 186 Å². The van der Waals surface area contributed by atoms with Crippen LogP contribution in [0.25, 0.3) is 0 Å². The summed E-state index contributed by atoms with van der Waals surface area (Å²) in [5.41, 5.74) is 16.6. The molecule has 0 saturated heterocycles. The highest BCUT2D eigenvalue weighted by Gasteiger charge is 2.20. The van der Waals surface area contributed by atoms with Crippen molar-refractivity contribution in [1.29, 1.82) is 0 Å². The van der Waals surface area contributed by atoms with E-state index in [4.69, 9.17) is 22.3 Å². The molecule has 0 rings (SSSR count). The van der Waals surface area contributed by atoms with Gasteiger partial charge in [-0.1, -0.05) is 32.1 Å². The lowest BCUT2D eigenvalue weighted by Gasteiger charge is -2.24. The lowest BCUT2D eigenvalue weighted by atomic mass is 10.1. The Hall–Kier alpha value is -1.95. The molecule has 11 nitrogen and oxygen atoms in total. The normalized spacial score (nSPS) is 11.7. The molecule has 0 spiro atoms. The summed E-state index contributed by atoms with van der Waals surface area (Å²) >= 11 is 0. The number of carbonyl (C=O) groups is 3. The Labute approximate surface area is 204 Å². The summed E-state index contributed by atoms with van der Waals surface area (Å²) in [5.74, 6) is -0.466. The quantitative estimate of drug-likeness (QED) is 0.0891. The average Bonchev–Trinajstić information content (AvgIpc) is 2.81. The molecular weight excluding hydrogens is 440 g/mol. The third-order valence-electron chi connectivity index (χ3n) is 5.43. The summed E-state index contributed by atoms with van der Waals surface area (Å²) in [7, 11) is 0. The number of carboxylic acid groups (broad SMARTS) is 1. The van der Waals surface area contributed by atoms with E-state index >= 15 is 0 Å². The van der Waals surface area contributed by atoms with Gasteiger partial charge in [0.1, 0.15) is 6.61 Å². The van der Waals surface area contributed by atoms with Gasteiger partial charge in [0.25, 0.3) is 0 Å². The number of amides is 2. The van der Waals surface area contributed by atoms with Gasteiger partial charge < -0.3 is 42.6 Å². The second-order valence-electron chi connectivity index (χ2n) is 8.52. The van der Waals surface area contributed by atoms with E-state index < -0.39 is 12.2 Å². The van der Waals surface area contributed by atoms with E-state index in [0.29, 0.717) is 26.1 Å². The molecule has 200 valence electrons. The smallest absolute Gasteiger partial charge is 0.450 e. The van der Waals surface area contributed by atoms with E-state index in [2.05, 4.69) is 15.4 Å². The van der Waals surface area contributed by atoms with Crippen molar-refractivity contribution in [2.45, 2.75) is 76.7 Å². The summed E-state index contributed by atoms with van der Waals surface area (Å²) in [6.07, 6.45) is 8.57. The van der Waals surface area contributed by atoms with E-state index in [1.54, 1.807) is 4.90 Å². The third kappa shape index (κ3) is 19.5. The summed E-state index contributed by atoms with van der Waals surface area (Å²) in [6.45, 7) is 3.01. The highest BCUT2D eigenvalue weighted by atomic mass is 16.7. The minimum absolute atomic E-state index is 0.0807. The minimum Gasteiger partial charge on any atom is -0.450 e. The largest absolute Gasteiger partial charge is 0.505 e. The van der Waals surface area contributed by atoms with Crippen LogP contribution in [0, 0.1) is 0 Å². The van der Waals surface area contributed by atoms with Gasteiger partial charge in [0.05, 0.1) is 19.1 Å². The highest BCUT2D eigenvalue weighted by molar-refractivity contribution is 5.85. The monoisotopic (exact) mass is 488 g/mol. The van der Waals surface area contributed by atoms with Crippen molar-refractivity contribution in [1.82, 2.24) is 15.5 Å². The van der Waals surface area contributed by atoms with Crippen LogP contribution in [0.15, 0.2) is 0 Å². The van der Waals surface area contributed by atoms with Gasteiger partial charge in [-0.15, -0.1) is 0 Å². The number of rotatable bonds is 23. The van der Waals surface area contributed by atoms with Crippen LogP contribution in [0.5, 0.6) is 0 Å². The van der Waals surface area contributed by atoms with Crippen LogP contribution in [-0.2, 0) is 14.3 Å². The molecule has 0 aliphatic heterocycles. The number of hydrogen-bond donors (Lipinski definition) is 6. The Morgan fingerprint density at radius 2 is 1.41 bits per heavy atom. The average molecular weight is 489 g/mol. The molecular formula is C23H48N6O5. The van der Waals surface area contributed by atoms with Crippen LogP contribution in [0.1, 0.15) is 70.6 Å².